The van der Waals surface area contributed by atoms with Crippen LogP contribution < -0.4 is 5.32 Å². The zero-order chi connectivity index (χ0) is 13.4. The summed E-state index contributed by atoms with van der Waals surface area (Å²) < 4.78 is 6.22. The molecule has 1 N–H and O–H groups in total. The molecule has 1 atom stereocenters. The van der Waals surface area contributed by atoms with Crippen molar-refractivity contribution in [1.82, 2.24) is 5.32 Å². The van der Waals surface area contributed by atoms with Gasteiger partial charge in [0.05, 0.1) is 5.02 Å². The molecule has 1 aromatic rings. The molecule has 0 saturated carbocycles. The Hall–Kier alpha value is 0.160. The minimum absolute atomic E-state index is 0.370. The predicted octanol–water partition coefficient (Wildman–Crippen LogP) is 4.41. The predicted molar refractivity (Wildman–Crippen MR) is 86.3 cm³/mol. The van der Waals surface area contributed by atoms with Gasteiger partial charge in [0.1, 0.15) is 0 Å². The standard InChI is InChI=1S/C14H21ClINO/c1-3-8-17-14(5-4-9-18-2)11-6-7-13(16)12(15)10-11/h6-7,10,14,17H,3-5,8-9H2,1-2H3. The number of halogens is 2. The number of nitrogens with one attached hydrogen (secondary N) is 1. The molecule has 0 fully saturated rings. The fraction of sp³-hybridized carbons (Fsp3) is 0.571. The van der Waals surface area contributed by atoms with Crippen molar-refractivity contribution in [2.45, 2.75) is 32.2 Å². The largest absolute Gasteiger partial charge is 0.385 e. The lowest BCUT2D eigenvalue weighted by atomic mass is 10.0. The van der Waals surface area contributed by atoms with Crippen molar-refractivity contribution in [2.24, 2.45) is 0 Å². The molecule has 0 heterocycles. The Labute approximate surface area is 129 Å². The van der Waals surface area contributed by atoms with Gasteiger partial charge in [0, 0.05) is 23.3 Å². The fourth-order valence-corrected chi connectivity index (χ4v) is 2.39. The first-order valence-electron chi connectivity index (χ1n) is 6.36. The summed E-state index contributed by atoms with van der Waals surface area (Å²) in [6, 6.07) is 6.68. The first-order valence-corrected chi connectivity index (χ1v) is 7.82. The van der Waals surface area contributed by atoms with Crippen LogP contribution in [0.5, 0.6) is 0 Å². The van der Waals surface area contributed by atoms with Crippen molar-refractivity contribution in [3.8, 4) is 0 Å². The molecule has 0 aliphatic rings. The minimum Gasteiger partial charge on any atom is -0.385 e. The lowest BCUT2D eigenvalue weighted by Crippen LogP contribution is -2.22. The highest BCUT2D eigenvalue weighted by Crippen LogP contribution is 2.25. The smallest absolute Gasteiger partial charge is 0.0542 e. The van der Waals surface area contributed by atoms with Gasteiger partial charge in [0.15, 0.2) is 0 Å². The lowest BCUT2D eigenvalue weighted by Gasteiger charge is -2.19. The third kappa shape index (κ3) is 5.43. The minimum atomic E-state index is 0.370. The van der Waals surface area contributed by atoms with Crippen molar-refractivity contribution in [3.05, 3.63) is 32.4 Å². The highest BCUT2D eigenvalue weighted by atomic mass is 127. The van der Waals surface area contributed by atoms with Crippen molar-refractivity contribution >= 4 is 34.2 Å². The van der Waals surface area contributed by atoms with E-state index >= 15 is 0 Å². The van der Waals surface area contributed by atoms with E-state index in [2.05, 4.69) is 53.0 Å². The highest BCUT2D eigenvalue weighted by molar-refractivity contribution is 14.1. The van der Waals surface area contributed by atoms with Gasteiger partial charge < -0.3 is 10.1 Å². The molecule has 18 heavy (non-hydrogen) atoms. The van der Waals surface area contributed by atoms with Crippen LogP contribution in [-0.2, 0) is 4.74 Å². The Morgan fingerprint density at radius 1 is 1.44 bits per heavy atom. The van der Waals surface area contributed by atoms with E-state index in [1.54, 1.807) is 7.11 Å². The van der Waals surface area contributed by atoms with Gasteiger partial charge in [-0.3, -0.25) is 0 Å². The van der Waals surface area contributed by atoms with Crippen molar-refractivity contribution in [2.75, 3.05) is 20.3 Å². The van der Waals surface area contributed by atoms with Crippen LogP contribution in [0.25, 0.3) is 0 Å². The van der Waals surface area contributed by atoms with E-state index in [9.17, 15) is 0 Å². The quantitative estimate of drug-likeness (QED) is 0.532. The Morgan fingerprint density at radius 2 is 2.22 bits per heavy atom. The number of hydrogen-bond acceptors (Lipinski definition) is 2. The van der Waals surface area contributed by atoms with Gasteiger partial charge in [-0.1, -0.05) is 24.6 Å². The maximum atomic E-state index is 6.19. The molecular weight excluding hydrogens is 361 g/mol. The van der Waals surface area contributed by atoms with Crippen molar-refractivity contribution in [3.63, 3.8) is 0 Å². The molecule has 0 bridgehead atoms. The maximum Gasteiger partial charge on any atom is 0.0542 e. The number of methoxy groups -OCH3 is 1. The molecule has 0 saturated heterocycles. The molecule has 0 aliphatic heterocycles. The molecule has 0 aromatic heterocycles. The third-order valence-corrected chi connectivity index (χ3v) is 4.40. The van der Waals surface area contributed by atoms with Gasteiger partial charge in [0.2, 0.25) is 0 Å². The number of benzene rings is 1. The average Bonchev–Trinajstić information content (AvgIpc) is 2.37. The summed E-state index contributed by atoms with van der Waals surface area (Å²) in [6.45, 7) is 4.02. The van der Waals surface area contributed by atoms with Gasteiger partial charge in [-0.2, -0.15) is 0 Å². The van der Waals surface area contributed by atoms with Gasteiger partial charge in [-0.05, 0) is 66.1 Å². The molecule has 0 amide bonds. The van der Waals surface area contributed by atoms with E-state index in [-0.39, 0.29) is 0 Å². The van der Waals surface area contributed by atoms with Crippen LogP contribution in [0.4, 0.5) is 0 Å². The summed E-state index contributed by atoms with van der Waals surface area (Å²) in [5, 5.41) is 4.41. The zero-order valence-corrected chi connectivity index (χ0v) is 13.9. The summed E-state index contributed by atoms with van der Waals surface area (Å²) in [7, 11) is 1.75. The second kappa shape index (κ2) is 9.13. The first kappa shape index (κ1) is 16.2. The normalized spacial score (nSPS) is 12.7. The number of hydrogen-bond donors (Lipinski definition) is 1. The monoisotopic (exact) mass is 381 g/mol. The van der Waals surface area contributed by atoms with Crippen LogP contribution in [0.2, 0.25) is 5.02 Å². The Balaban J connectivity index is 2.70. The van der Waals surface area contributed by atoms with E-state index in [1.807, 2.05) is 0 Å². The summed E-state index contributed by atoms with van der Waals surface area (Å²) >= 11 is 8.45. The van der Waals surface area contributed by atoms with E-state index in [0.717, 1.165) is 41.0 Å². The van der Waals surface area contributed by atoms with Crippen LogP contribution in [0.3, 0.4) is 0 Å². The van der Waals surface area contributed by atoms with Gasteiger partial charge in [0.25, 0.3) is 0 Å². The first-order chi connectivity index (χ1) is 8.69. The maximum absolute atomic E-state index is 6.19. The van der Waals surface area contributed by atoms with Crippen molar-refractivity contribution < 1.29 is 4.74 Å². The van der Waals surface area contributed by atoms with Gasteiger partial charge in [-0.25, -0.2) is 0 Å². The van der Waals surface area contributed by atoms with Crippen LogP contribution in [-0.4, -0.2) is 20.3 Å². The van der Waals surface area contributed by atoms with Crippen molar-refractivity contribution in [1.29, 1.82) is 0 Å². The topological polar surface area (TPSA) is 21.3 Å². The van der Waals surface area contributed by atoms with E-state index in [4.69, 9.17) is 16.3 Å². The van der Waals surface area contributed by atoms with Gasteiger partial charge in [-0.15, -0.1) is 0 Å². The third-order valence-electron chi connectivity index (χ3n) is 2.83. The zero-order valence-electron chi connectivity index (χ0n) is 11.0. The van der Waals surface area contributed by atoms with Crippen LogP contribution in [0, 0.1) is 3.57 Å². The van der Waals surface area contributed by atoms with Crippen LogP contribution >= 0.6 is 34.2 Å². The van der Waals surface area contributed by atoms with Crippen LogP contribution in [0.1, 0.15) is 37.8 Å². The molecule has 4 heteroatoms. The Bertz CT molecular complexity index is 360. The summed E-state index contributed by atoms with van der Waals surface area (Å²) in [5.41, 5.74) is 1.27. The molecule has 1 rings (SSSR count). The van der Waals surface area contributed by atoms with E-state index in [1.165, 1.54) is 5.56 Å². The molecule has 1 unspecified atom stereocenters. The molecule has 0 radical (unpaired) electrons. The molecule has 102 valence electrons. The average molecular weight is 382 g/mol. The molecule has 0 spiro atoms. The molecule has 0 aliphatic carbocycles. The Morgan fingerprint density at radius 3 is 2.83 bits per heavy atom. The summed E-state index contributed by atoms with van der Waals surface area (Å²) in [5.74, 6) is 0. The second-order valence-corrected chi connectivity index (χ2v) is 5.88. The molecule has 2 nitrogen and oxygen atoms in total. The molecular formula is C14H21ClINO. The van der Waals surface area contributed by atoms with Crippen LogP contribution in [0.15, 0.2) is 18.2 Å². The fourth-order valence-electron chi connectivity index (χ4n) is 1.87. The molecule has 1 aromatic carbocycles. The SMILES string of the molecule is CCCNC(CCCOC)c1ccc(I)c(Cl)c1. The van der Waals surface area contributed by atoms with Gasteiger partial charge >= 0.3 is 0 Å². The highest BCUT2D eigenvalue weighted by Gasteiger charge is 2.11. The van der Waals surface area contributed by atoms with E-state index in [0.29, 0.717) is 6.04 Å². The lowest BCUT2D eigenvalue weighted by molar-refractivity contribution is 0.188. The van der Waals surface area contributed by atoms with E-state index < -0.39 is 0 Å². The summed E-state index contributed by atoms with van der Waals surface area (Å²) in [4.78, 5) is 0. The summed E-state index contributed by atoms with van der Waals surface area (Å²) in [6.07, 6.45) is 3.27. The second-order valence-electron chi connectivity index (χ2n) is 4.32. The number of ether oxygens (including phenoxy) is 1. The number of rotatable bonds is 8. The Kier molecular flexibility index (Phi) is 8.22.